The number of aromatic nitrogens is 4. The minimum atomic E-state index is 0.573. The van der Waals surface area contributed by atoms with Crippen LogP contribution in [0.3, 0.4) is 0 Å². The molecule has 0 bridgehead atoms. The number of para-hydroxylation sites is 1. The van der Waals surface area contributed by atoms with Gasteiger partial charge in [-0.1, -0.05) is 158 Å². The summed E-state index contributed by atoms with van der Waals surface area (Å²) < 4.78 is 11.6. The first kappa shape index (κ1) is 36.1. The molecule has 0 aliphatic carbocycles. The number of hydrogen-bond donors (Lipinski definition) is 0. The van der Waals surface area contributed by atoms with Crippen LogP contribution < -0.4 is 0 Å². The number of furan rings is 1. The molecule has 14 aromatic rings. The summed E-state index contributed by atoms with van der Waals surface area (Å²) in [5, 5.41) is 11.5. The van der Waals surface area contributed by atoms with Crippen LogP contribution in [0.2, 0.25) is 0 Å². The fourth-order valence-electron chi connectivity index (χ4n) is 10.0. The molecule has 14 rings (SSSR count). The quantitative estimate of drug-likeness (QED) is 0.173. The molecule has 0 unspecified atom stereocenters. The van der Waals surface area contributed by atoms with E-state index in [2.05, 4.69) is 193 Å². The van der Waals surface area contributed by atoms with Gasteiger partial charge in [0.05, 0.1) is 16.7 Å². The smallest absolute Gasteiger partial charge is 0.164 e. The lowest BCUT2D eigenvalue weighted by molar-refractivity contribution is 0.668. The van der Waals surface area contributed by atoms with Crippen molar-refractivity contribution in [2.45, 2.75) is 0 Å². The van der Waals surface area contributed by atoms with Gasteiger partial charge in [-0.25, -0.2) is 15.0 Å². The first-order valence-corrected chi connectivity index (χ1v) is 22.7. The van der Waals surface area contributed by atoms with Crippen LogP contribution in [-0.4, -0.2) is 19.5 Å². The average molecular weight is 847 g/mol. The van der Waals surface area contributed by atoms with Crippen molar-refractivity contribution in [1.82, 2.24) is 19.5 Å². The van der Waals surface area contributed by atoms with E-state index in [1.807, 2.05) is 18.2 Å². The Morgan fingerprint density at radius 2 is 1.00 bits per heavy atom. The first-order valence-electron chi connectivity index (χ1n) is 21.8. The van der Waals surface area contributed by atoms with Crippen LogP contribution in [0.25, 0.3) is 136 Å². The molecule has 4 heterocycles. The Morgan fingerprint density at radius 3 is 1.85 bits per heavy atom. The van der Waals surface area contributed by atoms with Crippen molar-refractivity contribution in [1.29, 1.82) is 0 Å². The molecule has 0 saturated heterocycles. The van der Waals surface area contributed by atoms with Gasteiger partial charge in [0.15, 0.2) is 17.5 Å². The fourth-order valence-corrected chi connectivity index (χ4v) is 11.2. The van der Waals surface area contributed by atoms with E-state index in [0.29, 0.717) is 17.5 Å². The van der Waals surface area contributed by atoms with Crippen molar-refractivity contribution in [2.24, 2.45) is 0 Å². The van der Waals surface area contributed by atoms with E-state index in [-0.39, 0.29) is 0 Å². The summed E-state index contributed by atoms with van der Waals surface area (Å²) >= 11 is 1.79. The Labute approximate surface area is 376 Å². The Balaban J connectivity index is 1.08. The van der Waals surface area contributed by atoms with Crippen molar-refractivity contribution < 1.29 is 4.42 Å². The molecule has 4 aromatic heterocycles. The summed E-state index contributed by atoms with van der Waals surface area (Å²) in [5.41, 5.74) is 9.78. The van der Waals surface area contributed by atoms with E-state index in [1.54, 1.807) is 11.3 Å². The van der Waals surface area contributed by atoms with E-state index in [4.69, 9.17) is 19.4 Å². The summed E-state index contributed by atoms with van der Waals surface area (Å²) in [7, 11) is 0. The molecule has 0 aliphatic rings. The van der Waals surface area contributed by atoms with Crippen molar-refractivity contribution in [3.63, 3.8) is 0 Å². The summed E-state index contributed by atoms with van der Waals surface area (Å²) in [4.78, 5) is 16.3. The zero-order valence-electron chi connectivity index (χ0n) is 34.7. The van der Waals surface area contributed by atoms with Gasteiger partial charge in [-0.05, 0) is 75.1 Å². The van der Waals surface area contributed by atoms with Gasteiger partial charge in [0.25, 0.3) is 0 Å². The number of hydrogen-bond acceptors (Lipinski definition) is 5. The molecule has 0 saturated carbocycles. The number of benzene rings is 10. The van der Waals surface area contributed by atoms with Crippen LogP contribution in [0.1, 0.15) is 0 Å². The lowest BCUT2D eigenvalue weighted by Crippen LogP contribution is -2.02. The molecule has 0 radical (unpaired) electrons. The van der Waals surface area contributed by atoms with Crippen molar-refractivity contribution in [3.05, 3.63) is 206 Å². The van der Waals surface area contributed by atoms with Gasteiger partial charge < -0.3 is 8.98 Å². The van der Waals surface area contributed by atoms with Crippen molar-refractivity contribution >= 4 is 96.8 Å². The molecule has 0 fully saturated rings. The van der Waals surface area contributed by atoms with E-state index < -0.39 is 0 Å². The number of thiophene rings is 1. The topological polar surface area (TPSA) is 56.7 Å². The summed E-state index contributed by atoms with van der Waals surface area (Å²) in [5.74, 6) is 1.79. The Morgan fingerprint density at radius 1 is 0.354 bits per heavy atom. The molecular weight excluding hydrogens is 813 g/mol. The first-order chi connectivity index (χ1) is 32.2. The van der Waals surface area contributed by atoms with Crippen molar-refractivity contribution in [3.8, 4) is 51.0 Å². The average Bonchev–Trinajstić information content (AvgIpc) is 4.05. The zero-order chi connectivity index (χ0) is 42.6. The second-order valence-electron chi connectivity index (χ2n) is 16.7. The monoisotopic (exact) mass is 846 g/mol. The van der Waals surface area contributed by atoms with Gasteiger partial charge in [0.2, 0.25) is 0 Å². The van der Waals surface area contributed by atoms with E-state index in [0.717, 1.165) is 71.9 Å². The lowest BCUT2D eigenvalue weighted by Gasteiger charge is -2.14. The fraction of sp³-hybridized carbons (Fsp3) is 0. The normalized spacial score (nSPS) is 12.0. The second kappa shape index (κ2) is 14.0. The molecule has 0 amide bonds. The molecule has 0 spiro atoms. The molecule has 6 heteroatoms. The van der Waals surface area contributed by atoms with Gasteiger partial charge in [0.1, 0.15) is 11.2 Å². The third kappa shape index (κ3) is 5.61. The highest BCUT2D eigenvalue weighted by molar-refractivity contribution is 7.25. The largest absolute Gasteiger partial charge is 0.456 e. The van der Waals surface area contributed by atoms with Gasteiger partial charge in [0, 0.05) is 64.5 Å². The Bertz CT molecular complexity index is 4240. The number of fused-ring (bicyclic) bond motifs is 12. The third-order valence-corrected chi connectivity index (χ3v) is 14.1. The molecule has 0 aliphatic heterocycles. The minimum absolute atomic E-state index is 0.573. The Hall–Kier alpha value is -8.45. The van der Waals surface area contributed by atoms with Crippen LogP contribution in [0.4, 0.5) is 0 Å². The lowest BCUT2D eigenvalue weighted by atomic mass is 10.0. The van der Waals surface area contributed by atoms with Gasteiger partial charge >= 0.3 is 0 Å². The third-order valence-electron chi connectivity index (χ3n) is 13.0. The number of nitrogens with zero attached hydrogens (tertiary/aromatic N) is 4. The maximum Gasteiger partial charge on any atom is 0.164 e. The predicted octanol–water partition coefficient (Wildman–Crippen LogP) is 16.2. The number of rotatable bonds is 5. The van der Waals surface area contributed by atoms with Gasteiger partial charge in [-0.2, -0.15) is 0 Å². The summed E-state index contributed by atoms with van der Waals surface area (Å²) in [6.07, 6.45) is 0. The van der Waals surface area contributed by atoms with Gasteiger partial charge in [-0.3, -0.25) is 0 Å². The van der Waals surface area contributed by atoms with Crippen LogP contribution in [-0.2, 0) is 0 Å². The minimum Gasteiger partial charge on any atom is -0.456 e. The molecule has 0 atom stereocenters. The Kier molecular flexibility index (Phi) is 7.79. The van der Waals surface area contributed by atoms with Gasteiger partial charge in [-0.15, -0.1) is 11.3 Å². The van der Waals surface area contributed by atoms with Crippen LogP contribution in [0, 0.1) is 0 Å². The maximum absolute atomic E-state index is 6.82. The molecule has 65 heavy (non-hydrogen) atoms. The van der Waals surface area contributed by atoms with E-state index in [9.17, 15) is 0 Å². The van der Waals surface area contributed by atoms with Crippen molar-refractivity contribution in [2.75, 3.05) is 0 Å². The highest BCUT2D eigenvalue weighted by atomic mass is 32.1. The highest BCUT2D eigenvalue weighted by Crippen LogP contribution is 2.44. The standard InChI is InChI=1S/C59H34N4OS/c1-2-13-35(14-3-1)36-25-27-38(28-26-36)57-60-58(45-21-12-24-53-56(45)44-20-9-11-23-52(44)65-53)62-59(61-57)47-33-41(34-51-55(47)43-19-8-10-22-50(43)64-51)63-48-30-29-37-15-6-7-18-42(37)54(48)46-31-39-16-4-5-17-40(39)32-49(46)63/h1-34H. The SMILES string of the molecule is c1ccc(-c2ccc(-c3nc(-c4cc(-n5c6cc7ccccc7cc6c6c7ccccc7ccc65)cc5oc6ccccc6c45)nc(-c4cccc5sc6ccccc6c45)n3)cc2)cc1. The summed E-state index contributed by atoms with van der Waals surface area (Å²) in [6.45, 7) is 0. The predicted molar refractivity (Wildman–Crippen MR) is 271 cm³/mol. The summed E-state index contributed by atoms with van der Waals surface area (Å²) in [6, 6.07) is 73.2. The van der Waals surface area contributed by atoms with Crippen LogP contribution in [0.5, 0.6) is 0 Å². The zero-order valence-corrected chi connectivity index (χ0v) is 35.6. The maximum atomic E-state index is 6.82. The molecule has 10 aromatic carbocycles. The molecular formula is C59H34N4OS. The molecule has 302 valence electrons. The highest BCUT2D eigenvalue weighted by Gasteiger charge is 2.23. The second-order valence-corrected chi connectivity index (χ2v) is 17.8. The van der Waals surface area contributed by atoms with Crippen LogP contribution >= 0.6 is 11.3 Å². The van der Waals surface area contributed by atoms with E-state index in [1.165, 1.54) is 47.1 Å². The molecule has 5 nitrogen and oxygen atoms in total. The van der Waals surface area contributed by atoms with E-state index >= 15 is 0 Å². The van der Waals surface area contributed by atoms with Crippen LogP contribution in [0.15, 0.2) is 211 Å². The molecule has 0 N–H and O–H groups in total.